The van der Waals surface area contributed by atoms with E-state index in [1.165, 1.54) is 12.3 Å². The minimum absolute atomic E-state index is 0.141. The van der Waals surface area contributed by atoms with Gasteiger partial charge in [-0.1, -0.05) is 0 Å². The molecule has 5 heterocycles. The molecule has 2 bridgehead atoms. The fraction of sp³-hybridized carbons (Fsp3) is 0.429. The number of carbonyl (C=O) groups excluding carboxylic acids is 1. The molecule has 0 saturated carbocycles. The average molecular weight is 393 g/mol. The summed E-state index contributed by atoms with van der Waals surface area (Å²) in [6.45, 7) is 2.06. The number of rotatable bonds is 4. The van der Waals surface area contributed by atoms with Crippen LogP contribution in [0.5, 0.6) is 0 Å². The van der Waals surface area contributed by atoms with Gasteiger partial charge in [-0.2, -0.15) is 5.26 Å². The highest BCUT2D eigenvalue weighted by molar-refractivity contribution is 5.93. The lowest BCUT2D eigenvalue weighted by Crippen LogP contribution is -2.41. The Hall–Kier alpha value is -3.05. The molecule has 0 unspecified atom stereocenters. The van der Waals surface area contributed by atoms with Crippen molar-refractivity contribution in [2.75, 3.05) is 24.5 Å². The molecule has 2 aromatic rings. The maximum Gasteiger partial charge on any atom is 0.252 e. The number of aromatic nitrogens is 2. The van der Waals surface area contributed by atoms with Crippen molar-refractivity contribution in [3.63, 3.8) is 0 Å². The highest BCUT2D eigenvalue weighted by atomic mass is 19.1. The number of carbonyl (C=O) groups is 1. The van der Waals surface area contributed by atoms with Crippen molar-refractivity contribution < 1.29 is 13.9 Å². The molecule has 0 radical (unpaired) electrons. The Morgan fingerprint density at radius 3 is 3.07 bits per heavy atom. The molecule has 8 heteroatoms. The van der Waals surface area contributed by atoms with E-state index in [1.54, 1.807) is 12.3 Å². The summed E-state index contributed by atoms with van der Waals surface area (Å²) in [4.78, 5) is 22.8. The lowest BCUT2D eigenvalue weighted by molar-refractivity contribution is 0.0141. The van der Waals surface area contributed by atoms with Gasteiger partial charge in [0.25, 0.3) is 5.91 Å². The zero-order chi connectivity index (χ0) is 20.0. The third-order valence-corrected chi connectivity index (χ3v) is 6.45. The number of nitriles is 1. The van der Waals surface area contributed by atoms with Gasteiger partial charge in [0.15, 0.2) is 0 Å². The van der Waals surface area contributed by atoms with Gasteiger partial charge in [-0.15, -0.1) is 0 Å². The number of hydrogen-bond donors (Lipinski definition) is 1. The molecule has 29 heavy (non-hydrogen) atoms. The zero-order valence-corrected chi connectivity index (χ0v) is 15.7. The van der Waals surface area contributed by atoms with Crippen molar-refractivity contribution in [1.29, 1.82) is 5.26 Å². The van der Waals surface area contributed by atoms with E-state index < -0.39 is 5.82 Å². The fourth-order valence-electron chi connectivity index (χ4n) is 5.13. The number of nitrogens with zero attached hydrogens (tertiary/aromatic N) is 4. The van der Waals surface area contributed by atoms with Gasteiger partial charge < -0.3 is 15.0 Å². The molecule has 3 saturated heterocycles. The van der Waals surface area contributed by atoms with Gasteiger partial charge in [0.05, 0.1) is 29.0 Å². The number of ether oxygens (including phenoxy) is 1. The number of fused-ring (bicyclic) bond motifs is 1. The van der Waals surface area contributed by atoms with Crippen molar-refractivity contribution in [3.8, 4) is 6.07 Å². The molecule has 4 atom stereocenters. The number of nitrogens with one attached hydrogen (secondary N) is 1. The summed E-state index contributed by atoms with van der Waals surface area (Å²) in [5.41, 5.74) is 0.560. The highest BCUT2D eigenvalue weighted by Gasteiger charge is 2.63. The number of pyridine rings is 2. The van der Waals surface area contributed by atoms with Crippen LogP contribution in [0.3, 0.4) is 0 Å². The number of anilines is 1. The molecular formula is C21H20FN5O2. The first-order chi connectivity index (χ1) is 14.1. The molecule has 5 rings (SSSR count). The Bertz CT molecular complexity index is 991. The second kappa shape index (κ2) is 6.78. The molecule has 1 spiro atoms. The third-order valence-electron chi connectivity index (χ3n) is 6.45. The van der Waals surface area contributed by atoms with Gasteiger partial charge >= 0.3 is 0 Å². The van der Waals surface area contributed by atoms with Crippen LogP contribution in [-0.4, -0.2) is 47.2 Å². The molecule has 1 N–H and O–H groups in total. The van der Waals surface area contributed by atoms with E-state index in [9.17, 15) is 9.18 Å². The molecule has 3 aliphatic rings. The Morgan fingerprint density at radius 1 is 1.41 bits per heavy atom. The van der Waals surface area contributed by atoms with E-state index >= 15 is 0 Å². The smallest absolute Gasteiger partial charge is 0.252 e. The summed E-state index contributed by atoms with van der Waals surface area (Å²) in [6, 6.07) is 6.92. The van der Waals surface area contributed by atoms with E-state index in [-0.39, 0.29) is 29.1 Å². The van der Waals surface area contributed by atoms with Crippen molar-refractivity contribution >= 4 is 11.7 Å². The number of amides is 1. The molecule has 7 nitrogen and oxygen atoms in total. The molecule has 148 valence electrons. The second-order valence-corrected chi connectivity index (χ2v) is 8.03. The van der Waals surface area contributed by atoms with Crippen LogP contribution in [0.2, 0.25) is 0 Å². The van der Waals surface area contributed by atoms with Crippen LogP contribution >= 0.6 is 0 Å². The minimum Gasteiger partial charge on any atom is -0.369 e. The molecule has 0 aromatic carbocycles. The van der Waals surface area contributed by atoms with Gasteiger partial charge in [-0.05, 0) is 31.0 Å². The van der Waals surface area contributed by atoms with Gasteiger partial charge in [0.2, 0.25) is 0 Å². The van der Waals surface area contributed by atoms with Crippen LogP contribution in [0.15, 0.2) is 36.8 Å². The maximum atomic E-state index is 13.3. The fourth-order valence-corrected chi connectivity index (χ4v) is 5.13. The lowest BCUT2D eigenvalue weighted by Gasteiger charge is -2.29. The Labute approximate surface area is 167 Å². The van der Waals surface area contributed by atoms with E-state index in [4.69, 9.17) is 10.00 Å². The Morgan fingerprint density at radius 2 is 2.31 bits per heavy atom. The summed E-state index contributed by atoms with van der Waals surface area (Å²) in [7, 11) is 0. The first-order valence-corrected chi connectivity index (χ1v) is 9.76. The lowest BCUT2D eigenvalue weighted by atomic mass is 9.73. The van der Waals surface area contributed by atoms with Crippen LogP contribution in [0.4, 0.5) is 10.2 Å². The zero-order valence-electron chi connectivity index (χ0n) is 15.7. The molecule has 2 aromatic heterocycles. The van der Waals surface area contributed by atoms with Crippen LogP contribution < -0.4 is 10.2 Å². The van der Waals surface area contributed by atoms with Crippen LogP contribution in [0.1, 0.15) is 28.8 Å². The topological polar surface area (TPSA) is 91.1 Å². The molecule has 0 aliphatic carbocycles. The van der Waals surface area contributed by atoms with Gasteiger partial charge in [0, 0.05) is 43.9 Å². The van der Waals surface area contributed by atoms with Gasteiger partial charge in [-0.25, -0.2) is 9.37 Å². The number of hydrogen-bond acceptors (Lipinski definition) is 6. The SMILES string of the molecule is N#Cc1ccc(N2C[C@@H]3[C@H](CNC(=O)c4cncc(F)c4)[C@H]4CC[C@]3(C2)O4)nc1. The first-order valence-electron chi connectivity index (χ1n) is 9.76. The summed E-state index contributed by atoms with van der Waals surface area (Å²) >= 11 is 0. The normalized spacial score (nSPS) is 29.5. The van der Waals surface area contributed by atoms with Crippen LogP contribution in [0.25, 0.3) is 0 Å². The molecule has 3 fully saturated rings. The quantitative estimate of drug-likeness (QED) is 0.853. The van der Waals surface area contributed by atoms with Gasteiger partial charge in [-0.3, -0.25) is 9.78 Å². The predicted molar refractivity (Wildman–Crippen MR) is 102 cm³/mol. The molecular weight excluding hydrogens is 373 g/mol. The standard InChI is InChI=1S/C21H20FN5O2/c22-15-5-14(8-24-9-15)20(28)26-10-16-17-11-27(12-21(17)4-3-18(16)29-21)19-2-1-13(6-23)7-25-19/h1-2,5,7-9,16-18H,3-4,10-12H2,(H,26,28)/t16-,17+,18+,21+/m0/s1. The largest absolute Gasteiger partial charge is 0.369 e. The summed E-state index contributed by atoms with van der Waals surface area (Å²) in [6.07, 6.45) is 6.16. The van der Waals surface area contributed by atoms with E-state index in [1.807, 2.05) is 6.07 Å². The molecule has 1 amide bonds. The van der Waals surface area contributed by atoms with Crippen molar-refractivity contribution in [2.24, 2.45) is 11.8 Å². The van der Waals surface area contributed by atoms with Crippen LogP contribution in [-0.2, 0) is 4.74 Å². The monoisotopic (exact) mass is 393 g/mol. The van der Waals surface area contributed by atoms with E-state index in [0.29, 0.717) is 18.0 Å². The van der Waals surface area contributed by atoms with Crippen LogP contribution in [0, 0.1) is 29.0 Å². The molecule has 3 aliphatic heterocycles. The number of halogens is 1. The third kappa shape index (κ3) is 3.02. The summed E-state index contributed by atoms with van der Waals surface area (Å²) in [5.74, 6) is 0.495. The second-order valence-electron chi connectivity index (χ2n) is 8.03. The summed E-state index contributed by atoms with van der Waals surface area (Å²) < 4.78 is 19.7. The van der Waals surface area contributed by atoms with Crippen molar-refractivity contribution in [1.82, 2.24) is 15.3 Å². The highest BCUT2D eigenvalue weighted by Crippen LogP contribution is 2.55. The Kier molecular flexibility index (Phi) is 4.21. The maximum absolute atomic E-state index is 13.3. The van der Waals surface area contributed by atoms with Gasteiger partial charge in [0.1, 0.15) is 17.7 Å². The van der Waals surface area contributed by atoms with Crippen molar-refractivity contribution in [3.05, 3.63) is 53.7 Å². The minimum atomic E-state index is -0.527. The predicted octanol–water partition coefficient (Wildman–Crippen LogP) is 1.90. The van der Waals surface area contributed by atoms with E-state index in [0.717, 1.165) is 37.9 Å². The Balaban J connectivity index is 1.29. The van der Waals surface area contributed by atoms with Crippen molar-refractivity contribution in [2.45, 2.75) is 24.5 Å². The first kappa shape index (κ1) is 18.0. The average Bonchev–Trinajstić information content (AvgIpc) is 3.41. The summed E-state index contributed by atoms with van der Waals surface area (Å²) in [5, 5.41) is 11.9. The van der Waals surface area contributed by atoms with E-state index in [2.05, 4.69) is 26.3 Å².